The van der Waals surface area contributed by atoms with Gasteiger partial charge in [0.15, 0.2) is 0 Å². The van der Waals surface area contributed by atoms with E-state index in [1.54, 1.807) is 18.8 Å². The van der Waals surface area contributed by atoms with Crippen LogP contribution < -0.4 is 0 Å². The molecule has 0 unspecified atom stereocenters. The van der Waals surface area contributed by atoms with E-state index < -0.39 is 17.7 Å². The monoisotopic (exact) mass is 470 g/mol. The van der Waals surface area contributed by atoms with Gasteiger partial charge in [0.25, 0.3) is 0 Å². The largest absolute Gasteiger partial charge is 0.444 e. The van der Waals surface area contributed by atoms with Gasteiger partial charge in [-0.1, -0.05) is 60.7 Å². The second-order valence-corrected chi connectivity index (χ2v) is 10.2. The maximum Gasteiger partial charge on any atom is 0.410 e. The number of carbonyl (C=O) groups excluding carboxylic acids is 2. The molecule has 1 atom stereocenters. The molecule has 2 amide bonds. The number of thioether (sulfide) groups is 1. The summed E-state index contributed by atoms with van der Waals surface area (Å²) in [5.74, 6) is 0.949. The number of carbonyl (C=O) groups is 2. The highest BCUT2D eigenvalue weighted by molar-refractivity contribution is 7.98. The number of likely N-dealkylation sites (N-methyl/N-ethyl adjacent to an activating group) is 1. The van der Waals surface area contributed by atoms with Crippen LogP contribution in [0, 0.1) is 0 Å². The molecule has 0 radical (unpaired) electrons. The van der Waals surface area contributed by atoms with Crippen molar-refractivity contribution in [3.05, 3.63) is 71.8 Å². The predicted molar refractivity (Wildman–Crippen MR) is 138 cm³/mol. The number of hydrogen-bond acceptors (Lipinski definition) is 4. The zero-order valence-electron chi connectivity index (χ0n) is 20.6. The van der Waals surface area contributed by atoms with E-state index in [1.807, 2.05) is 74.2 Å². The average Bonchev–Trinajstić information content (AvgIpc) is 2.79. The zero-order chi connectivity index (χ0) is 24.3. The second-order valence-electron chi connectivity index (χ2n) is 9.20. The topological polar surface area (TPSA) is 49.9 Å². The van der Waals surface area contributed by atoms with E-state index in [9.17, 15) is 9.59 Å². The van der Waals surface area contributed by atoms with Gasteiger partial charge in [-0.2, -0.15) is 11.8 Å². The lowest BCUT2D eigenvalue weighted by Crippen LogP contribution is -2.52. The Labute approximate surface area is 203 Å². The molecule has 5 nitrogen and oxygen atoms in total. The van der Waals surface area contributed by atoms with Crippen LogP contribution in [0.25, 0.3) is 0 Å². The first-order chi connectivity index (χ1) is 15.7. The summed E-state index contributed by atoms with van der Waals surface area (Å²) in [6, 6.07) is 19.4. The fraction of sp³-hybridized carbons (Fsp3) is 0.481. The molecule has 0 bridgehead atoms. The maximum absolute atomic E-state index is 13.8. The van der Waals surface area contributed by atoms with Crippen molar-refractivity contribution >= 4 is 23.8 Å². The molecule has 0 aliphatic rings. The highest BCUT2D eigenvalue weighted by atomic mass is 32.2. The molecule has 6 heteroatoms. The average molecular weight is 471 g/mol. The first-order valence-corrected chi connectivity index (χ1v) is 12.9. The van der Waals surface area contributed by atoms with Crippen LogP contribution in [0.4, 0.5) is 4.79 Å². The molecular formula is C27H38N2O3S. The van der Waals surface area contributed by atoms with Gasteiger partial charge in [-0.3, -0.25) is 9.69 Å². The first-order valence-electron chi connectivity index (χ1n) is 11.5. The van der Waals surface area contributed by atoms with Crippen molar-refractivity contribution in [2.24, 2.45) is 0 Å². The molecule has 2 rings (SSSR count). The molecule has 33 heavy (non-hydrogen) atoms. The van der Waals surface area contributed by atoms with Crippen LogP contribution in [0.15, 0.2) is 60.7 Å². The molecular weight excluding hydrogens is 432 g/mol. The van der Waals surface area contributed by atoms with Crippen LogP contribution in [-0.4, -0.2) is 65.6 Å². The normalized spacial score (nSPS) is 12.2. The molecule has 0 saturated heterocycles. The third-order valence-electron chi connectivity index (χ3n) is 5.31. The summed E-state index contributed by atoms with van der Waals surface area (Å²) in [6.07, 6.45) is 3.73. The fourth-order valence-corrected chi connectivity index (χ4v) is 3.96. The minimum Gasteiger partial charge on any atom is -0.444 e. The van der Waals surface area contributed by atoms with E-state index in [1.165, 1.54) is 10.5 Å². The van der Waals surface area contributed by atoms with Gasteiger partial charge >= 0.3 is 6.09 Å². The van der Waals surface area contributed by atoms with Crippen molar-refractivity contribution in [2.45, 2.75) is 51.7 Å². The van der Waals surface area contributed by atoms with Gasteiger partial charge in [0, 0.05) is 26.6 Å². The molecule has 0 spiro atoms. The number of benzene rings is 2. The van der Waals surface area contributed by atoms with E-state index in [2.05, 4.69) is 18.4 Å². The lowest BCUT2D eigenvalue weighted by Gasteiger charge is -2.34. The summed E-state index contributed by atoms with van der Waals surface area (Å²) in [6.45, 7) is 6.79. The highest BCUT2D eigenvalue weighted by Gasteiger charge is 2.33. The quantitative estimate of drug-likeness (QED) is 0.419. The molecule has 0 heterocycles. The number of nitrogens with zero attached hydrogens (tertiary/aromatic N) is 2. The van der Waals surface area contributed by atoms with Crippen molar-refractivity contribution in [3.63, 3.8) is 0 Å². The minimum absolute atomic E-state index is 0.0377. The van der Waals surface area contributed by atoms with Crippen molar-refractivity contribution in [3.8, 4) is 0 Å². The Morgan fingerprint density at radius 3 is 2.06 bits per heavy atom. The van der Waals surface area contributed by atoms with Gasteiger partial charge in [-0.05, 0) is 56.7 Å². The Hall–Kier alpha value is -2.47. The number of rotatable bonds is 11. The maximum atomic E-state index is 13.8. The molecule has 2 aromatic rings. The number of hydrogen-bond donors (Lipinski definition) is 0. The molecule has 180 valence electrons. The van der Waals surface area contributed by atoms with Gasteiger partial charge in [-0.15, -0.1) is 0 Å². The van der Waals surface area contributed by atoms with Crippen molar-refractivity contribution in [1.29, 1.82) is 0 Å². The summed E-state index contributed by atoms with van der Waals surface area (Å²) in [5.41, 5.74) is 1.58. The van der Waals surface area contributed by atoms with Gasteiger partial charge in [-0.25, -0.2) is 4.79 Å². The molecule has 0 aliphatic heterocycles. The van der Waals surface area contributed by atoms with E-state index in [-0.39, 0.29) is 5.91 Å². The van der Waals surface area contributed by atoms with Crippen LogP contribution in [0.1, 0.15) is 38.3 Å². The Morgan fingerprint density at radius 2 is 1.52 bits per heavy atom. The van der Waals surface area contributed by atoms with E-state index >= 15 is 0 Å². The predicted octanol–water partition coefficient (Wildman–Crippen LogP) is 5.29. The summed E-state index contributed by atoms with van der Waals surface area (Å²) in [5, 5.41) is 0. The Bertz CT molecular complexity index is 853. The molecule has 0 fully saturated rings. The minimum atomic E-state index is -0.632. The lowest BCUT2D eigenvalue weighted by atomic mass is 10.0. The number of ether oxygens (including phenoxy) is 1. The molecule has 0 N–H and O–H groups in total. The van der Waals surface area contributed by atoms with Gasteiger partial charge < -0.3 is 9.64 Å². The van der Waals surface area contributed by atoms with Crippen LogP contribution in [-0.2, 0) is 22.4 Å². The van der Waals surface area contributed by atoms with Gasteiger partial charge in [0.05, 0.1) is 0 Å². The standard InChI is InChI=1S/C27H38N2O3S/c1-27(2,3)32-26(31)28(4)24(21-23-15-10-7-11-16-23)25(30)29(18-12-20-33-5)19-17-22-13-8-6-9-14-22/h6-11,13-16,24H,12,17-21H2,1-5H3/t24-/m0/s1. The molecule has 0 saturated carbocycles. The second kappa shape index (κ2) is 13.3. The van der Waals surface area contributed by atoms with Gasteiger partial charge in [0.2, 0.25) is 5.91 Å². The zero-order valence-corrected chi connectivity index (χ0v) is 21.4. The molecule has 2 aromatic carbocycles. The van der Waals surface area contributed by atoms with E-state index in [4.69, 9.17) is 4.74 Å². The third-order valence-corrected chi connectivity index (χ3v) is 6.00. The van der Waals surface area contributed by atoms with Crippen LogP contribution >= 0.6 is 11.8 Å². The van der Waals surface area contributed by atoms with Crippen molar-refractivity contribution in [2.75, 3.05) is 32.1 Å². The highest BCUT2D eigenvalue weighted by Crippen LogP contribution is 2.17. The first kappa shape index (κ1) is 26.8. The summed E-state index contributed by atoms with van der Waals surface area (Å²) in [4.78, 5) is 30.1. The summed E-state index contributed by atoms with van der Waals surface area (Å²) >= 11 is 1.78. The smallest absolute Gasteiger partial charge is 0.410 e. The van der Waals surface area contributed by atoms with Crippen LogP contribution in [0.3, 0.4) is 0 Å². The molecule has 0 aliphatic carbocycles. The lowest BCUT2D eigenvalue weighted by molar-refractivity contribution is -0.136. The summed E-state index contributed by atoms with van der Waals surface area (Å²) < 4.78 is 5.59. The van der Waals surface area contributed by atoms with Crippen LogP contribution in [0.2, 0.25) is 0 Å². The fourth-order valence-electron chi connectivity index (χ4n) is 3.54. The SMILES string of the molecule is CSCCCN(CCc1ccccc1)C(=O)[C@H](Cc1ccccc1)N(C)C(=O)OC(C)(C)C. The number of amides is 2. The van der Waals surface area contributed by atoms with Crippen molar-refractivity contribution < 1.29 is 14.3 Å². The Balaban J connectivity index is 2.25. The van der Waals surface area contributed by atoms with Crippen molar-refractivity contribution in [1.82, 2.24) is 9.80 Å². The van der Waals surface area contributed by atoms with Gasteiger partial charge in [0.1, 0.15) is 11.6 Å². The van der Waals surface area contributed by atoms with Crippen LogP contribution in [0.5, 0.6) is 0 Å². The Morgan fingerprint density at radius 1 is 0.939 bits per heavy atom. The third kappa shape index (κ3) is 9.50. The Kier molecular flexibility index (Phi) is 10.8. The van der Waals surface area contributed by atoms with E-state index in [0.29, 0.717) is 19.5 Å². The molecule has 0 aromatic heterocycles. The summed E-state index contributed by atoms with van der Waals surface area (Å²) in [7, 11) is 1.66. The van der Waals surface area contributed by atoms with E-state index in [0.717, 1.165) is 24.2 Å².